The van der Waals surface area contributed by atoms with Gasteiger partial charge in [0.25, 0.3) is 5.91 Å². The van der Waals surface area contributed by atoms with Crippen molar-refractivity contribution in [3.8, 4) is 0 Å². The third-order valence-corrected chi connectivity index (χ3v) is 7.37. The summed E-state index contributed by atoms with van der Waals surface area (Å²) in [5.74, 6) is -0.259. The van der Waals surface area contributed by atoms with Gasteiger partial charge in [0.1, 0.15) is 5.41 Å². The molecule has 2 heterocycles. The summed E-state index contributed by atoms with van der Waals surface area (Å²) in [6.45, 7) is 1.82. The molecule has 0 spiro atoms. The molecule has 3 aromatic rings. The molecule has 2 amide bonds. The molecule has 0 radical (unpaired) electrons. The van der Waals surface area contributed by atoms with E-state index in [0.29, 0.717) is 22.2 Å². The summed E-state index contributed by atoms with van der Waals surface area (Å²) in [5, 5.41) is 9.47. The average Bonchev–Trinajstić information content (AvgIpc) is 3.14. The van der Waals surface area contributed by atoms with Crippen LogP contribution in [0.15, 0.2) is 66.7 Å². The standard InChI is InChI=1S/C28H28Cl2N4O2/c29-20-8-6-7-19(15-20)17-28(23-12-11-21(30)16-25(23)32-27(28)36)22-9-2-3-10-24(22)31-18-26(35)33-34-13-4-1-5-14-34/h2-3,6-12,15-16,31H,1,4-5,13-14,17-18H2,(H,32,36)(H,33,35). The van der Waals surface area contributed by atoms with Crippen molar-refractivity contribution in [3.05, 3.63) is 93.5 Å². The minimum atomic E-state index is -1.03. The molecular formula is C28H28Cl2N4O2. The van der Waals surface area contributed by atoms with Crippen LogP contribution in [0.2, 0.25) is 10.0 Å². The third kappa shape index (κ3) is 4.94. The molecule has 2 aliphatic rings. The van der Waals surface area contributed by atoms with Gasteiger partial charge in [-0.2, -0.15) is 0 Å². The number of amides is 2. The van der Waals surface area contributed by atoms with Crippen molar-refractivity contribution < 1.29 is 9.59 Å². The maximum Gasteiger partial charge on any atom is 0.253 e. The predicted octanol–water partition coefficient (Wildman–Crippen LogP) is 5.40. The number of nitrogens with zero attached hydrogens (tertiary/aromatic N) is 1. The Balaban J connectivity index is 1.50. The maximum atomic E-state index is 13.8. The van der Waals surface area contributed by atoms with Crippen LogP contribution in [0, 0.1) is 0 Å². The van der Waals surface area contributed by atoms with E-state index in [0.717, 1.165) is 48.3 Å². The van der Waals surface area contributed by atoms with Gasteiger partial charge in [-0.3, -0.25) is 15.0 Å². The first-order valence-corrected chi connectivity index (χ1v) is 12.9. The lowest BCUT2D eigenvalue weighted by atomic mass is 9.70. The number of hydrogen-bond acceptors (Lipinski definition) is 4. The number of hydrogen-bond donors (Lipinski definition) is 3. The molecule has 5 rings (SSSR count). The van der Waals surface area contributed by atoms with Gasteiger partial charge in [-0.05, 0) is 66.3 Å². The Labute approximate surface area is 220 Å². The van der Waals surface area contributed by atoms with Crippen molar-refractivity contribution >= 4 is 46.4 Å². The molecule has 3 N–H and O–H groups in total. The Hall–Kier alpha value is -3.06. The highest BCUT2D eigenvalue weighted by molar-refractivity contribution is 6.31. The van der Waals surface area contributed by atoms with Crippen LogP contribution in [0.1, 0.15) is 36.0 Å². The Morgan fingerprint density at radius 2 is 1.69 bits per heavy atom. The Kier molecular flexibility index (Phi) is 7.19. The zero-order valence-corrected chi connectivity index (χ0v) is 21.3. The van der Waals surface area contributed by atoms with E-state index in [1.165, 1.54) is 6.42 Å². The van der Waals surface area contributed by atoms with Gasteiger partial charge < -0.3 is 10.6 Å². The number of carbonyl (C=O) groups excluding carboxylic acids is 2. The Morgan fingerprint density at radius 3 is 2.50 bits per heavy atom. The first kappa shape index (κ1) is 24.6. The lowest BCUT2D eigenvalue weighted by molar-refractivity contribution is -0.124. The highest BCUT2D eigenvalue weighted by Gasteiger charge is 2.49. The number of hydrazine groups is 1. The highest BCUT2D eigenvalue weighted by atomic mass is 35.5. The van der Waals surface area contributed by atoms with Crippen LogP contribution >= 0.6 is 23.2 Å². The molecule has 0 bridgehead atoms. The minimum absolute atomic E-state index is 0.0931. The second-order valence-corrected chi connectivity index (χ2v) is 10.2. The fourth-order valence-corrected chi connectivity index (χ4v) is 5.63. The van der Waals surface area contributed by atoms with E-state index in [2.05, 4.69) is 16.1 Å². The van der Waals surface area contributed by atoms with Crippen LogP contribution in [0.5, 0.6) is 0 Å². The van der Waals surface area contributed by atoms with E-state index >= 15 is 0 Å². The van der Waals surface area contributed by atoms with Crippen LogP contribution in [-0.4, -0.2) is 36.5 Å². The summed E-state index contributed by atoms with van der Waals surface area (Å²) in [7, 11) is 0. The Morgan fingerprint density at radius 1 is 0.917 bits per heavy atom. The second-order valence-electron chi connectivity index (χ2n) is 9.34. The minimum Gasteiger partial charge on any atom is -0.376 e. The van der Waals surface area contributed by atoms with E-state index in [1.807, 2.05) is 59.6 Å². The molecule has 1 atom stereocenters. The normalized spacial score (nSPS) is 19.4. The fraction of sp³-hybridized carbons (Fsp3) is 0.286. The van der Waals surface area contributed by atoms with Gasteiger partial charge in [0.05, 0.1) is 6.54 Å². The molecular weight excluding hydrogens is 495 g/mol. The molecule has 1 fully saturated rings. The fourth-order valence-electron chi connectivity index (χ4n) is 5.24. The van der Waals surface area contributed by atoms with Gasteiger partial charge >= 0.3 is 0 Å². The van der Waals surface area contributed by atoms with Crippen molar-refractivity contribution in [2.45, 2.75) is 31.1 Å². The molecule has 3 aromatic carbocycles. The molecule has 1 unspecified atom stereocenters. The quantitative estimate of drug-likeness (QED) is 0.388. The number of fused-ring (bicyclic) bond motifs is 1. The number of carbonyl (C=O) groups is 2. The van der Waals surface area contributed by atoms with Gasteiger partial charge in [-0.1, -0.05) is 66.0 Å². The van der Waals surface area contributed by atoms with E-state index in [-0.39, 0.29) is 18.4 Å². The largest absolute Gasteiger partial charge is 0.376 e. The van der Waals surface area contributed by atoms with Crippen molar-refractivity contribution in [2.24, 2.45) is 0 Å². The average molecular weight is 523 g/mol. The number of nitrogens with one attached hydrogen (secondary N) is 3. The molecule has 186 valence electrons. The molecule has 0 aromatic heterocycles. The van der Waals surface area contributed by atoms with E-state index in [1.54, 1.807) is 12.1 Å². The second kappa shape index (κ2) is 10.5. The number of anilines is 2. The number of para-hydroxylation sites is 1. The summed E-state index contributed by atoms with van der Waals surface area (Å²) in [5.41, 5.74) is 5.92. The first-order chi connectivity index (χ1) is 17.5. The van der Waals surface area contributed by atoms with Crippen molar-refractivity contribution in [2.75, 3.05) is 30.3 Å². The highest BCUT2D eigenvalue weighted by Crippen LogP contribution is 2.48. The summed E-state index contributed by atoms with van der Waals surface area (Å²) >= 11 is 12.6. The maximum absolute atomic E-state index is 13.8. The molecule has 1 saturated heterocycles. The molecule has 0 aliphatic carbocycles. The van der Waals surface area contributed by atoms with E-state index < -0.39 is 5.41 Å². The van der Waals surface area contributed by atoms with Crippen molar-refractivity contribution in [3.63, 3.8) is 0 Å². The molecule has 6 nitrogen and oxygen atoms in total. The van der Waals surface area contributed by atoms with Crippen LogP contribution in [0.4, 0.5) is 11.4 Å². The molecule has 0 saturated carbocycles. The number of halogens is 2. The monoisotopic (exact) mass is 522 g/mol. The SMILES string of the molecule is O=C(CNc1ccccc1C1(Cc2cccc(Cl)c2)C(=O)Nc2cc(Cl)ccc21)NN1CCCCC1. The van der Waals surface area contributed by atoms with Gasteiger partial charge in [0, 0.05) is 34.5 Å². The van der Waals surface area contributed by atoms with Gasteiger partial charge in [-0.25, -0.2) is 5.01 Å². The molecule has 36 heavy (non-hydrogen) atoms. The number of rotatable bonds is 7. The molecule has 8 heteroatoms. The van der Waals surface area contributed by atoms with Gasteiger partial charge in [0.2, 0.25) is 5.91 Å². The zero-order chi connectivity index (χ0) is 25.1. The van der Waals surface area contributed by atoms with E-state index in [4.69, 9.17) is 23.2 Å². The van der Waals surface area contributed by atoms with Crippen LogP contribution in [-0.2, 0) is 21.4 Å². The Bertz CT molecular complexity index is 1290. The molecule has 2 aliphatic heterocycles. The third-order valence-electron chi connectivity index (χ3n) is 6.90. The van der Waals surface area contributed by atoms with Crippen molar-refractivity contribution in [1.82, 2.24) is 10.4 Å². The smallest absolute Gasteiger partial charge is 0.253 e. The van der Waals surface area contributed by atoms with Gasteiger partial charge in [0.15, 0.2) is 0 Å². The lowest BCUT2D eigenvalue weighted by Gasteiger charge is -2.31. The van der Waals surface area contributed by atoms with E-state index in [9.17, 15) is 9.59 Å². The zero-order valence-electron chi connectivity index (χ0n) is 19.8. The summed E-state index contributed by atoms with van der Waals surface area (Å²) < 4.78 is 0. The number of piperidine rings is 1. The van der Waals surface area contributed by atoms with Crippen molar-refractivity contribution in [1.29, 1.82) is 0 Å². The van der Waals surface area contributed by atoms with Gasteiger partial charge in [-0.15, -0.1) is 0 Å². The van der Waals surface area contributed by atoms with Crippen LogP contribution in [0.25, 0.3) is 0 Å². The predicted molar refractivity (Wildman–Crippen MR) is 145 cm³/mol. The summed E-state index contributed by atoms with van der Waals surface area (Å²) in [6.07, 6.45) is 3.76. The topological polar surface area (TPSA) is 73.5 Å². The number of benzene rings is 3. The summed E-state index contributed by atoms with van der Waals surface area (Å²) in [4.78, 5) is 26.5. The first-order valence-electron chi connectivity index (χ1n) is 12.2. The van der Waals surface area contributed by atoms with Crippen LogP contribution in [0.3, 0.4) is 0 Å². The lowest BCUT2D eigenvalue weighted by Crippen LogP contribution is -2.47. The summed E-state index contributed by atoms with van der Waals surface area (Å²) in [6, 6.07) is 20.7. The van der Waals surface area contributed by atoms with Crippen LogP contribution < -0.4 is 16.1 Å².